The summed E-state index contributed by atoms with van der Waals surface area (Å²) in [5.74, 6) is -0.120. The van der Waals surface area contributed by atoms with Crippen molar-refractivity contribution in [3.05, 3.63) is 11.9 Å². The fourth-order valence-electron chi connectivity index (χ4n) is 0. The van der Waals surface area contributed by atoms with Gasteiger partial charge in [-0.25, -0.2) is 0 Å². The van der Waals surface area contributed by atoms with Crippen LogP contribution in [0.2, 0.25) is 0 Å². The van der Waals surface area contributed by atoms with Crippen LogP contribution in [0.25, 0.3) is 5.32 Å². The molecule has 0 aromatic heterocycles. The Morgan fingerprint density at radius 3 is 1.78 bits per heavy atom. The minimum atomic E-state index is -0.120. The molecule has 0 aliphatic carbocycles. The Hall–Kier alpha value is 0.482. The van der Waals surface area contributed by atoms with Crippen LogP contribution in [0.3, 0.4) is 0 Å². The molecule has 1 amide bonds. The summed E-state index contributed by atoms with van der Waals surface area (Å²) in [6.07, 6.45) is 0. The van der Waals surface area contributed by atoms with Gasteiger partial charge < -0.3 is 15.8 Å². The van der Waals surface area contributed by atoms with Gasteiger partial charge in [-0.1, -0.05) is 0 Å². The molecule has 0 unspecified atom stereocenters. The molecule has 0 saturated carbocycles. The van der Waals surface area contributed by atoms with Gasteiger partial charge in [-0.05, 0) is 6.92 Å². The second-order valence-corrected chi connectivity index (χ2v) is 1.08. The third-order valence-electron chi connectivity index (χ3n) is 0.315. The van der Waals surface area contributed by atoms with Gasteiger partial charge in [0.25, 0.3) is 0 Å². The Kier molecular flexibility index (Phi) is 28.5. The summed E-state index contributed by atoms with van der Waals surface area (Å²) in [5.41, 5.74) is 4.72. The molecule has 0 spiro atoms. The molecule has 3 nitrogen and oxygen atoms in total. The van der Waals surface area contributed by atoms with Gasteiger partial charge in [0.15, 0.2) is 0 Å². The van der Waals surface area contributed by atoms with Crippen molar-refractivity contribution in [2.75, 3.05) is 7.05 Å². The molecule has 0 rings (SSSR count). The molecule has 52 valence electrons. The zero-order chi connectivity index (χ0) is 6.99. The summed E-state index contributed by atoms with van der Waals surface area (Å²) in [6.45, 7) is 4.69. The Morgan fingerprint density at radius 2 is 1.78 bits per heavy atom. The van der Waals surface area contributed by atoms with E-state index in [4.69, 9.17) is 5.73 Å². The molecule has 0 aromatic carbocycles. The Labute approximate surface area is 80.1 Å². The molecule has 0 saturated heterocycles. The number of rotatable bonds is 0. The average molecular weight is 354 g/mol. The molecule has 0 atom stereocenters. The Bertz CT molecular complexity index is 58.9. The fraction of sp³-hybridized carbons (Fsp3) is 0.600. The topological polar surface area (TPSA) is 57.2 Å². The van der Waals surface area contributed by atoms with E-state index in [0.29, 0.717) is 0 Å². The average Bonchev–Trinajstić information content (AvgIpc) is 1.69. The van der Waals surface area contributed by atoms with Crippen molar-refractivity contribution in [1.29, 1.82) is 0 Å². The summed E-state index contributed by atoms with van der Waals surface area (Å²) >= 11 is 0. The van der Waals surface area contributed by atoms with Crippen LogP contribution in [-0.2, 0) is 4.79 Å². The number of carbonyl (C=O) groups excluding carboxylic acids is 1. The van der Waals surface area contributed by atoms with Gasteiger partial charge in [-0.3, -0.25) is 6.54 Å². The van der Waals surface area contributed by atoms with E-state index in [9.17, 15) is 4.79 Å². The molecular weight excluding hydrogens is 342 g/mol. The largest absolute Gasteiger partial charge is 2.00 e. The molecule has 0 aliphatic rings. The maximum atomic E-state index is 9.65. The summed E-state index contributed by atoms with van der Waals surface area (Å²) in [5, 5.41) is 3.25. The smallest absolute Gasteiger partial charge is 0.656 e. The second kappa shape index (κ2) is 15.8. The summed E-state index contributed by atoms with van der Waals surface area (Å²) < 4.78 is 0. The normalized spacial score (nSPS) is 5.78. The van der Waals surface area contributed by atoms with Crippen molar-refractivity contribution >= 4 is 5.91 Å². The van der Waals surface area contributed by atoms with Crippen LogP contribution in [-0.4, -0.2) is 13.0 Å². The number of carbonyl (C=O) groups is 1. The van der Waals surface area contributed by atoms with Crippen molar-refractivity contribution in [3.8, 4) is 0 Å². The van der Waals surface area contributed by atoms with E-state index in [1.165, 1.54) is 20.5 Å². The quantitative estimate of drug-likeness (QED) is 0.650. The first kappa shape index (κ1) is 16.2. The van der Waals surface area contributed by atoms with Crippen molar-refractivity contribution in [2.45, 2.75) is 13.8 Å². The molecular formula is C5H12N2OU. The van der Waals surface area contributed by atoms with Crippen LogP contribution in [0.5, 0.6) is 0 Å². The van der Waals surface area contributed by atoms with Gasteiger partial charge in [-0.15, -0.1) is 7.05 Å². The molecule has 0 heterocycles. The first-order valence-electron chi connectivity index (χ1n) is 2.29. The number of nitrogens with two attached hydrogens (primary N) is 1. The van der Waals surface area contributed by atoms with Gasteiger partial charge >= 0.3 is 31.1 Å². The third kappa shape index (κ3) is 57.9. The first-order valence-corrected chi connectivity index (χ1v) is 2.29. The molecule has 0 bridgehead atoms. The molecule has 0 radical (unpaired) electrons. The molecule has 0 aromatic rings. The fourth-order valence-corrected chi connectivity index (χ4v) is 0. The van der Waals surface area contributed by atoms with E-state index in [0.717, 1.165) is 0 Å². The van der Waals surface area contributed by atoms with Gasteiger partial charge in [0.05, 0.1) is 0 Å². The number of hydrogen-bond acceptors (Lipinski definition) is 2. The van der Waals surface area contributed by atoms with E-state index in [-0.39, 0.29) is 37.0 Å². The van der Waals surface area contributed by atoms with Gasteiger partial charge in [0, 0.05) is 5.91 Å². The standard InChI is InChI=1S/C3H7NO.C2H6N.U/c1-3(5)4-2;1-2-3;/h1-2H3,(H,4,5);2H,3H2,1H3;/q;-1;+2/p-1. The summed E-state index contributed by atoms with van der Waals surface area (Å²) in [7, 11) is 1.47. The predicted molar refractivity (Wildman–Crippen MR) is 34.1 cm³/mol. The minimum absolute atomic E-state index is 0. The number of nitrogens with zero attached hydrogens (tertiary/aromatic N) is 1. The van der Waals surface area contributed by atoms with Crippen LogP contribution in [0, 0.1) is 37.7 Å². The molecule has 2 N–H and O–H groups in total. The van der Waals surface area contributed by atoms with Crippen LogP contribution in [0.15, 0.2) is 0 Å². The first-order chi connectivity index (χ1) is 3.68. The molecule has 0 aliphatic heterocycles. The van der Waals surface area contributed by atoms with E-state index < -0.39 is 0 Å². The summed E-state index contributed by atoms with van der Waals surface area (Å²) in [4.78, 5) is 9.65. The molecule has 4 heteroatoms. The number of hydrogen-bond donors (Lipinski definition) is 1. The van der Waals surface area contributed by atoms with Crippen molar-refractivity contribution < 1.29 is 35.9 Å². The summed E-state index contributed by atoms with van der Waals surface area (Å²) in [6, 6.07) is 0. The maximum absolute atomic E-state index is 9.65. The van der Waals surface area contributed by atoms with Crippen molar-refractivity contribution in [3.63, 3.8) is 0 Å². The third-order valence-corrected chi connectivity index (χ3v) is 0.315. The van der Waals surface area contributed by atoms with Gasteiger partial charge in [0.2, 0.25) is 0 Å². The SMILES string of the molecule is C[CH-]N.C[N-]C(C)=O.[U+2]. The van der Waals surface area contributed by atoms with Crippen LogP contribution >= 0.6 is 0 Å². The monoisotopic (exact) mass is 354 g/mol. The van der Waals surface area contributed by atoms with E-state index in [2.05, 4.69) is 5.32 Å². The van der Waals surface area contributed by atoms with Crippen LogP contribution in [0.4, 0.5) is 0 Å². The van der Waals surface area contributed by atoms with Gasteiger partial charge in [0.1, 0.15) is 0 Å². The van der Waals surface area contributed by atoms with E-state index >= 15 is 0 Å². The molecule has 0 fully saturated rings. The van der Waals surface area contributed by atoms with E-state index in [1.807, 2.05) is 0 Å². The maximum Gasteiger partial charge on any atom is 2.00 e. The zero-order valence-corrected chi connectivity index (χ0v) is 10.2. The van der Waals surface area contributed by atoms with Crippen molar-refractivity contribution in [1.82, 2.24) is 0 Å². The van der Waals surface area contributed by atoms with Crippen LogP contribution in [0.1, 0.15) is 13.8 Å². The van der Waals surface area contributed by atoms with Crippen molar-refractivity contribution in [2.24, 2.45) is 5.73 Å². The van der Waals surface area contributed by atoms with E-state index in [1.54, 1.807) is 6.92 Å². The Morgan fingerprint density at radius 1 is 1.67 bits per heavy atom. The second-order valence-electron chi connectivity index (χ2n) is 1.08. The predicted octanol–water partition coefficient (Wildman–Crippen LogP) is 0.663. The molecule has 9 heavy (non-hydrogen) atoms. The minimum Gasteiger partial charge on any atom is -0.656 e. The zero-order valence-electron chi connectivity index (χ0n) is 6.01. The Balaban J connectivity index is -0.0000000800. The number of amides is 1. The van der Waals surface area contributed by atoms with Gasteiger partial charge in [-0.2, -0.15) is 6.92 Å². The van der Waals surface area contributed by atoms with Crippen LogP contribution < -0.4 is 5.73 Å².